The molecule has 194 valence electrons. The van der Waals surface area contributed by atoms with Crippen molar-refractivity contribution in [2.45, 2.75) is 56.2 Å². The molecule has 2 aliphatic rings. The zero-order chi connectivity index (χ0) is 26.4. The lowest BCUT2D eigenvalue weighted by Crippen LogP contribution is -2.41. The average molecular weight is 522 g/mol. The van der Waals surface area contributed by atoms with E-state index < -0.39 is 27.1 Å². The van der Waals surface area contributed by atoms with Crippen molar-refractivity contribution < 1.29 is 18.3 Å². The van der Waals surface area contributed by atoms with Gasteiger partial charge in [0.2, 0.25) is 10.0 Å². The Morgan fingerprint density at radius 3 is 2.30 bits per heavy atom. The van der Waals surface area contributed by atoms with Gasteiger partial charge in [0, 0.05) is 24.2 Å². The third-order valence-electron chi connectivity index (χ3n) is 6.60. The number of amides is 1. The maximum atomic E-state index is 13.7. The fraction of sp³-hybridized carbons (Fsp3) is 0.370. The molecule has 1 fully saturated rings. The molecule has 3 aromatic rings. The molecule has 10 heteroatoms. The highest BCUT2D eigenvalue weighted by molar-refractivity contribution is 7.89. The van der Waals surface area contributed by atoms with Crippen molar-refractivity contribution in [3.63, 3.8) is 0 Å². The molecule has 37 heavy (non-hydrogen) atoms. The number of sulfonamides is 1. The summed E-state index contributed by atoms with van der Waals surface area (Å²) in [5.41, 5.74) is -0.704. The number of carbonyl (C=O) groups excluding carboxylic acids is 1. The second-order valence-corrected chi connectivity index (χ2v) is 12.2. The molecule has 0 saturated carbocycles. The number of benzene rings is 2. The summed E-state index contributed by atoms with van der Waals surface area (Å²) in [5.74, 6) is 0.296. The van der Waals surface area contributed by atoms with Crippen LogP contribution in [0.1, 0.15) is 50.4 Å². The number of fused-ring (bicyclic) bond motifs is 1. The highest BCUT2D eigenvalue weighted by Crippen LogP contribution is 2.45. The number of para-hydroxylation sites is 1. The zero-order valence-electron chi connectivity index (χ0n) is 21.2. The summed E-state index contributed by atoms with van der Waals surface area (Å²) in [4.78, 5) is 26.5. The summed E-state index contributed by atoms with van der Waals surface area (Å²) in [6, 6.07) is 12.8. The van der Waals surface area contributed by atoms with Gasteiger partial charge in [-0.05, 0) is 57.4 Å². The molecule has 3 heterocycles. The van der Waals surface area contributed by atoms with E-state index in [9.17, 15) is 18.3 Å². The number of aromatic nitrogens is 2. The van der Waals surface area contributed by atoms with Gasteiger partial charge in [0.25, 0.3) is 5.91 Å². The summed E-state index contributed by atoms with van der Waals surface area (Å²) in [7, 11) is -3.76. The van der Waals surface area contributed by atoms with E-state index >= 15 is 0 Å². The molecule has 1 unspecified atom stereocenters. The molecule has 1 saturated heterocycles. The van der Waals surface area contributed by atoms with Crippen molar-refractivity contribution in [3.05, 3.63) is 77.7 Å². The average Bonchev–Trinajstić information content (AvgIpc) is 3.47. The van der Waals surface area contributed by atoms with E-state index in [-0.39, 0.29) is 17.0 Å². The highest BCUT2D eigenvalue weighted by Gasteiger charge is 2.51. The number of hydrogen-bond acceptors (Lipinski definition) is 7. The topological polar surface area (TPSA) is 116 Å². The number of rotatable bonds is 6. The molecule has 0 spiro atoms. The quantitative estimate of drug-likeness (QED) is 0.512. The minimum atomic E-state index is -3.76. The first-order valence-electron chi connectivity index (χ1n) is 12.3. The van der Waals surface area contributed by atoms with Crippen molar-refractivity contribution in [3.8, 4) is 0 Å². The summed E-state index contributed by atoms with van der Waals surface area (Å²) >= 11 is 0. The molecule has 1 amide bonds. The first-order valence-corrected chi connectivity index (χ1v) is 13.8. The predicted octanol–water partition coefficient (Wildman–Crippen LogP) is 2.94. The monoisotopic (exact) mass is 521 g/mol. The molecule has 0 aliphatic carbocycles. The van der Waals surface area contributed by atoms with Gasteiger partial charge >= 0.3 is 0 Å². The largest absolute Gasteiger partial charge is 0.372 e. The number of hydrogen-bond donors (Lipinski definition) is 2. The van der Waals surface area contributed by atoms with Crippen molar-refractivity contribution in [1.82, 2.24) is 14.7 Å². The van der Waals surface area contributed by atoms with Gasteiger partial charge in [0.1, 0.15) is 5.82 Å². The van der Waals surface area contributed by atoms with E-state index in [1.54, 1.807) is 57.4 Å². The van der Waals surface area contributed by atoms with Crippen LogP contribution in [0.4, 0.5) is 11.5 Å². The Morgan fingerprint density at radius 2 is 1.68 bits per heavy atom. The van der Waals surface area contributed by atoms with Gasteiger partial charge in [0.15, 0.2) is 5.60 Å². The van der Waals surface area contributed by atoms with Crippen molar-refractivity contribution in [1.29, 1.82) is 0 Å². The second kappa shape index (κ2) is 9.20. The standard InChI is InChI=1S/C27H31N5O4S/c1-26(2,3)30-37(35,36)21-12-10-19(11-13-21)27(34)22-8-4-5-9-23(22)32(25(27)33)18-20-16-29-24(17-28-20)31-14-6-7-15-31/h4-5,8-13,16-17,30,34H,6-7,14-15,18H2,1-3H3. The Labute approximate surface area is 217 Å². The highest BCUT2D eigenvalue weighted by atomic mass is 32.2. The molecule has 1 aromatic heterocycles. The van der Waals surface area contributed by atoms with E-state index in [4.69, 9.17) is 0 Å². The number of nitrogens with one attached hydrogen (secondary N) is 1. The number of nitrogens with zero attached hydrogens (tertiary/aromatic N) is 4. The van der Waals surface area contributed by atoms with E-state index in [0.717, 1.165) is 31.7 Å². The molecule has 0 radical (unpaired) electrons. The first-order chi connectivity index (χ1) is 17.5. The van der Waals surface area contributed by atoms with E-state index in [1.165, 1.54) is 29.2 Å². The van der Waals surface area contributed by atoms with E-state index in [1.807, 2.05) is 0 Å². The molecule has 1 atom stereocenters. The third-order valence-corrected chi connectivity index (χ3v) is 8.38. The molecule has 0 bridgehead atoms. The van der Waals surface area contributed by atoms with Crippen LogP contribution in [0.15, 0.2) is 65.8 Å². The number of aliphatic hydroxyl groups is 1. The Morgan fingerprint density at radius 1 is 1.00 bits per heavy atom. The Kier molecular flexibility index (Phi) is 6.29. The lowest BCUT2D eigenvalue weighted by atomic mass is 9.87. The second-order valence-electron chi connectivity index (χ2n) is 10.6. The number of anilines is 2. The van der Waals surface area contributed by atoms with Gasteiger partial charge in [-0.25, -0.2) is 18.1 Å². The van der Waals surface area contributed by atoms with Crippen molar-refractivity contribution in [2.75, 3.05) is 22.9 Å². The summed E-state index contributed by atoms with van der Waals surface area (Å²) in [6.45, 7) is 7.35. The lowest BCUT2D eigenvalue weighted by Gasteiger charge is -2.24. The van der Waals surface area contributed by atoms with Crippen molar-refractivity contribution >= 4 is 27.4 Å². The fourth-order valence-electron chi connectivity index (χ4n) is 4.91. The van der Waals surface area contributed by atoms with Crippen LogP contribution >= 0.6 is 0 Å². The smallest absolute Gasteiger partial charge is 0.268 e. The normalized spacial score (nSPS) is 19.9. The van der Waals surface area contributed by atoms with Gasteiger partial charge in [-0.2, -0.15) is 0 Å². The Hall–Kier alpha value is -3.34. The molecule has 2 N–H and O–H groups in total. The van der Waals surface area contributed by atoms with Crippen LogP contribution < -0.4 is 14.5 Å². The van der Waals surface area contributed by atoms with E-state index in [2.05, 4.69) is 19.6 Å². The van der Waals surface area contributed by atoms with Crippen molar-refractivity contribution in [2.24, 2.45) is 0 Å². The van der Waals surface area contributed by atoms with Gasteiger partial charge in [0.05, 0.1) is 35.2 Å². The molecular formula is C27H31N5O4S. The van der Waals surface area contributed by atoms with Gasteiger partial charge < -0.3 is 14.9 Å². The maximum Gasteiger partial charge on any atom is 0.268 e. The van der Waals surface area contributed by atoms with Crippen LogP contribution in [-0.2, 0) is 27.0 Å². The van der Waals surface area contributed by atoms with Crippen LogP contribution in [0.5, 0.6) is 0 Å². The Balaban J connectivity index is 1.44. The zero-order valence-corrected chi connectivity index (χ0v) is 22.0. The summed E-state index contributed by atoms with van der Waals surface area (Å²) in [6.07, 6.45) is 5.68. The predicted molar refractivity (Wildman–Crippen MR) is 141 cm³/mol. The first kappa shape index (κ1) is 25.3. The summed E-state index contributed by atoms with van der Waals surface area (Å²) < 4.78 is 28.1. The molecule has 2 aliphatic heterocycles. The van der Waals surface area contributed by atoms with Crippen LogP contribution in [0.2, 0.25) is 0 Å². The van der Waals surface area contributed by atoms with Crippen LogP contribution in [0.3, 0.4) is 0 Å². The molecule has 5 rings (SSSR count). The molecule has 2 aromatic carbocycles. The van der Waals surface area contributed by atoms with Crippen LogP contribution in [0, 0.1) is 0 Å². The lowest BCUT2D eigenvalue weighted by molar-refractivity contribution is -0.132. The van der Waals surface area contributed by atoms with Gasteiger partial charge in [-0.15, -0.1) is 0 Å². The maximum absolute atomic E-state index is 13.7. The fourth-order valence-corrected chi connectivity index (χ4v) is 6.33. The van der Waals surface area contributed by atoms with Gasteiger partial charge in [-0.3, -0.25) is 9.78 Å². The van der Waals surface area contributed by atoms with Gasteiger partial charge in [-0.1, -0.05) is 30.3 Å². The third kappa shape index (κ3) is 4.72. The number of carbonyl (C=O) groups is 1. The van der Waals surface area contributed by atoms with E-state index in [0.29, 0.717) is 16.9 Å². The minimum Gasteiger partial charge on any atom is -0.372 e. The van der Waals surface area contributed by atoms with Crippen LogP contribution in [0.25, 0.3) is 0 Å². The minimum absolute atomic E-state index is 0.0544. The van der Waals surface area contributed by atoms with Crippen LogP contribution in [-0.4, -0.2) is 48.0 Å². The Bertz CT molecular complexity index is 1410. The molecular weight excluding hydrogens is 490 g/mol. The summed E-state index contributed by atoms with van der Waals surface area (Å²) in [5, 5.41) is 11.8. The SMILES string of the molecule is CC(C)(C)NS(=O)(=O)c1ccc(C2(O)C(=O)N(Cc3cnc(N4CCCC4)cn3)c3ccccc32)cc1. The molecule has 9 nitrogen and oxygen atoms in total.